The average Bonchev–Trinajstić information content (AvgIpc) is 3.14. The third-order valence-electron chi connectivity index (χ3n) is 6.58. The molecule has 7 heteroatoms. The maximum Gasteiger partial charge on any atom is 0.274 e. The Morgan fingerprint density at radius 2 is 2.03 bits per heavy atom. The van der Waals surface area contributed by atoms with Gasteiger partial charge in [0.05, 0.1) is 15.9 Å². The molecule has 4 heterocycles. The van der Waals surface area contributed by atoms with E-state index in [-0.39, 0.29) is 23.8 Å². The Labute approximate surface area is 184 Å². The van der Waals surface area contributed by atoms with Gasteiger partial charge in [0.15, 0.2) is 0 Å². The zero-order chi connectivity index (χ0) is 21.5. The second-order valence-corrected chi connectivity index (χ2v) is 9.64. The van der Waals surface area contributed by atoms with Gasteiger partial charge < -0.3 is 9.64 Å². The second-order valence-electron chi connectivity index (χ2n) is 8.44. The van der Waals surface area contributed by atoms with Crippen LogP contribution in [0, 0.1) is 24.6 Å². The molecule has 3 aliphatic rings. The molecule has 3 aromatic rings. The van der Waals surface area contributed by atoms with Crippen molar-refractivity contribution < 1.29 is 13.9 Å². The summed E-state index contributed by atoms with van der Waals surface area (Å²) < 4.78 is 19.2. The minimum absolute atomic E-state index is 0.0362. The van der Waals surface area contributed by atoms with E-state index in [9.17, 15) is 9.18 Å². The summed E-state index contributed by atoms with van der Waals surface area (Å²) in [6.45, 7) is 4.51. The predicted molar refractivity (Wildman–Crippen MR) is 118 cm³/mol. The highest BCUT2D eigenvalue weighted by Gasteiger charge is 2.51. The first-order valence-electron chi connectivity index (χ1n) is 10.6. The first kappa shape index (κ1) is 20.1. The molecule has 1 aliphatic carbocycles. The standard InChI is InChI=1S/C24H24FN3O2S/c1-14-17-10-19(11-17)28(21(14)13-30-20-7-5-18(25)6-8-20)24(29)22-23(31-15(2)27-22)16-4-3-9-26-12-16/h3-9,12,14,17,19,21H,10-11,13H2,1-2H3/t14-,17?,19?,21?/m1/s1. The molecule has 1 unspecified atom stereocenters. The summed E-state index contributed by atoms with van der Waals surface area (Å²) in [6, 6.07) is 10.0. The molecule has 0 N–H and O–H groups in total. The maximum atomic E-state index is 13.8. The lowest BCUT2D eigenvalue weighted by Crippen LogP contribution is -2.64. The molecule has 2 atom stereocenters. The van der Waals surface area contributed by atoms with Gasteiger partial charge in [-0.2, -0.15) is 0 Å². The van der Waals surface area contributed by atoms with Crippen molar-refractivity contribution in [1.29, 1.82) is 0 Å². The minimum atomic E-state index is -0.293. The fourth-order valence-corrected chi connectivity index (χ4v) is 5.67. The van der Waals surface area contributed by atoms with Gasteiger partial charge in [-0.1, -0.05) is 13.0 Å². The van der Waals surface area contributed by atoms with Crippen molar-refractivity contribution in [2.45, 2.75) is 38.8 Å². The molecule has 160 valence electrons. The van der Waals surface area contributed by atoms with Crippen LogP contribution in [0.1, 0.15) is 35.3 Å². The van der Waals surface area contributed by atoms with E-state index in [0.29, 0.717) is 29.9 Å². The van der Waals surface area contributed by atoms with Gasteiger partial charge in [-0.05, 0) is 61.9 Å². The molecule has 0 spiro atoms. The summed E-state index contributed by atoms with van der Waals surface area (Å²) in [7, 11) is 0. The smallest absolute Gasteiger partial charge is 0.274 e. The Balaban J connectivity index is 1.43. The lowest BCUT2D eigenvalue weighted by molar-refractivity contribution is -0.0672. The molecular weight excluding hydrogens is 413 g/mol. The van der Waals surface area contributed by atoms with Crippen molar-refractivity contribution in [3.8, 4) is 16.2 Å². The Morgan fingerprint density at radius 1 is 1.26 bits per heavy atom. The molecule has 2 saturated heterocycles. The Bertz CT molecular complexity index is 1080. The molecule has 2 aliphatic heterocycles. The molecule has 6 rings (SSSR count). The van der Waals surface area contributed by atoms with E-state index in [1.54, 1.807) is 24.5 Å². The van der Waals surface area contributed by atoms with E-state index < -0.39 is 0 Å². The minimum Gasteiger partial charge on any atom is -0.491 e. The van der Waals surface area contributed by atoms with E-state index in [4.69, 9.17) is 4.74 Å². The largest absolute Gasteiger partial charge is 0.491 e. The summed E-state index contributed by atoms with van der Waals surface area (Å²) in [5, 5.41) is 0.859. The van der Waals surface area contributed by atoms with E-state index in [2.05, 4.69) is 16.9 Å². The highest BCUT2D eigenvalue weighted by atomic mass is 32.1. The lowest BCUT2D eigenvalue weighted by atomic mass is 9.64. The number of amides is 1. The summed E-state index contributed by atoms with van der Waals surface area (Å²) in [4.78, 5) is 25.5. The summed E-state index contributed by atoms with van der Waals surface area (Å²) >= 11 is 1.52. The van der Waals surface area contributed by atoms with Crippen LogP contribution in [0.4, 0.5) is 4.39 Å². The number of aromatic nitrogens is 2. The number of pyridine rings is 1. The third kappa shape index (κ3) is 3.71. The van der Waals surface area contributed by atoms with Crippen LogP contribution in [0.5, 0.6) is 5.75 Å². The van der Waals surface area contributed by atoms with Crippen molar-refractivity contribution in [3.05, 3.63) is 65.3 Å². The highest BCUT2D eigenvalue weighted by molar-refractivity contribution is 7.15. The number of nitrogens with zero attached hydrogens (tertiary/aromatic N) is 3. The maximum absolute atomic E-state index is 13.8. The molecule has 1 aromatic carbocycles. The van der Waals surface area contributed by atoms with Gasteiger partial charge in [-0.15, -0.1) is 11.3 Å². The van der Waals surface area contributed by atoms with Gasteiger partial charge in [0.25, 0.3) is 5.91 Å². The summed E-state index contributed by atoms with van der Waals surface area (Å²) in [6.07, 6.45) is 5.57. The average molecular weight is 438 g/mol. The zero-order valence-electron chi connectivity index (χ0n) is 17.5. The number of fused-ring (bicyclic) bond motifs is 2. The van der Waals surface area contributed by atoms with Crippen LogP contribution in [0.25, 0.3) is 10.4 Å². The van der Waals surface area contributed by atoms with Gasteiger partial charge in [0.2, 0.25) is 0 Å². The molecule has 31 heavy (non-hydrogen) atoms. The first-order valence-corrected chi connectivity index (χ1v) is 11.4. The molecule has 3 fully saturated rings. The molecule has 1 amide bonds. The van der Waals surface area contributed by atoms with Crippen LogP contribution in [-0.2, 0) is 0 Å². The van der Waals surface area contributed by atoms with Gasteiger partial charge >= 0.3 is 0 Å². The topological polar surface area (TPSA) is 55.3 Å². The number of carbonyl (C=O) groups is 1. The zero-order valence-corrected chi connectivity index (χ0v) is 18.3. The van der Waals surface area contributed by atoms with E-state index in [1.807, 2.05) is 24.0 Å². The Morgan fingerprint density at radius 3 is 2.74 bits per heavy atom. The van der Waals surface area contributed by atoms with Crippen LogP contribution in [0.2, 0.25) is 0 Å². The summed E-state index contributed by atoms with van der Waals surface area (Å²) in [5.74, 6) is 1.23. The van der Waals surface area contributed by atoms with Crippen molar-refractivity contribution in [2.75, 3.05) is 6.61 Å². The molecular formula is C24H24FN3O2S. The normalized spacial score (nSPS) is 24.5. The van der Waals surface area contributed by atoms with Gasteiger partial charge in [0.1, 0.15) is 23.9 Å². The molecule has 1 saturated carbocycles. The monoisotopic (exact) mass is 437 g/mol. The quantitative estimate of drug-likeness (QED) is 0.566. The summed E-state index contributed by atoms with van der Waals surface area (Å²) in [5.41, 5.74) is 1.41. The Hall–Kier alpha value is -2.80. The number of hydrogen-bond donors (Lipinski definition) is 0. The third-order valence-corrected chi connectivity index (χ3v) is 7.60. The van der Waals surface area contributed by atoms with E-state index in [0.717, 1.165) is 28.3 Å². The molecule has 2 bridgehead atoms. The van der Waals surface area contributed by atoms with Crippen molar-refractivity contribution in [3.63, 3.8) is 0 Å². The number of halogens is 1. The number of benzene rings is 1. The van der Waals surface area contributed by atoms with E-state index in [1.165, 1.54) is 23.5 Å². The second kappa shape index (κ2) is 8.04. The van der Waals surface area contributed by atoms with Crippen LogP contribution < -0.4 is 4.74 Å². The van der Waals surface area contributed by atoms with Crippen LogP contribution >= 0.6 is 11.3 Å². The van der Waals surface area contributed by atoms with Crippen LogP contribution in [0.3, 0.4) is 0 Å². The number of hydrogen-bond acceptors (Lipinski definition) is 5. The predicted octanol–water partition coefficient (Wildman–Crippen LogP) is 4.97. The number of ether oxygens (including phenoxy) is 1. The Kier molecular flexibility index (Phi) is 5.22. The van der Waals surface area contributed by atoms with Crippen molar-refractivity contribution in [2.24, 2.45) is 11.8 Å². The number of piperidine rings is 2. The number of carbonyl (C=O) groups excluding carboxylic acids is 1. The van der Waals surface area contributed by atoms with Gasteiger partial charge in [-0.25, -0.2) is 9.37 Å². The highest BCUT2D eigenvalue weighted by Crippen LogP contribution is 2.47. The number of rotatable bonds is 5. The SMILES string of the molecule is Cc1nc(C(=O)N2C3CC(C3)[C@@H](C)C2COc2ccc(F)cc2)c(-c2cccnc2)s1. The fourth-order valence-electron chi connectivity index (χ4n) is 4.77. The fraction of sp³-hybridized carbons (Fsp3) is 0.375. The van der Waals surface area contributed by atoms with Crippen LogP contribution in [-0.4, -0.2) is 39.5 Å². The molecule has 0 radical (unpaired) electrons. The number of thiazole rings is 1. The van der Waals surface area contributed by atoms with E-state index >= 15 is 0 Å². The molecule has 5 nitrogen and oxygen atoms in total. The number of aryl methyl sites for hydroxylation is 1. The molecule has 2 aromatic heterocycles. The van der Waals surface area contributed by atoms with Gasteiger partial charge in [-0.3, -0.25) is 9.78 Å². The van der Waals surface area contributed by atoms with Crippen LogP contribution in [0.15, 0.2) is 48.8 Å². The van der Waals surface area contributed by atoms with Crippen molar-refractivity contribution in [1.82, 2.24) is 14.9 Å². The first-order chi connectivity index (χ1) is 15.0. The lowest BCUT2D eigenvalue weighted by Gasteiger charge is -2.57. The van der Waals surface area contributed by atoms with Crippen molar-refractivity contribution >= 4 is 17.2 Å². The van der Waals surface area contributed by atoms with Gasteiger partial charge in [0, 0.05) is 24.0 Å².